The van der Waals surface area contributed by atoms with Gasteiger partial charge in [-0.15, -0.1) is 0 Å². The Hall–Kier alpha value is -1.42. The van der Waals surface area contributed by atoms with Gasteiger partial charge in [0, 0.05) is 5.69 Å². The lowest BCUT2D eigenvalue weighted by Gasteiger charge is -2.44. The second-order valence-electron chi connectivity index (χ2n) is 5.23. The van der Waals surface area contributed by atoms with Gasteiger partial charge >= 0.3 is 0 Å². The number of nitrogens with two attached hydrogens (primary N) is 1. The number of para-hydroxylation sites is 1. The molecule has 0 heterocycles. The molecule has 3 N–H and O–H groups in total. The van der Waals surface area contributed by atoms with E-state index in [0.717, 1.165) is 24.1 Å². The Morgan fingerprint density at radius 1 is 1.44 bits per heavy atom. The number of nitrogens with one attached hydrogen (secondary N) is 1. The minimum absolute atomic E-state index is 0.0672. The van der Waals surface area contributed by atoms with Crippen molar-refractivity contribution < 1.29 is 4.79 Å². The van der Waals surface area contributed by atoms with Crippen LogP contribution in [0.1, 0.15) is 25.3 Å². The van der Waals surface area contributed by atoms with Gasteiger partial charge in [0.05, 0.1) is 10.4 Å². The molecule has 1 saturated carbocycles. The van der Waals surface area contributed by atoms with Crippen LogP contribution in [0.25, 0.3) is 0 Å². The second kappa shape index (κ2) is 4.69. The van der Waals surface area contributed by atoms with Gasteiger partial charge in [-0.05, 0) is 37.3 Å². The van der Waals surface area contributed by atoms with Crippen molar-refractivity contribution in [3.63, 3.8) is 0 Å². The molecule has 3 nitrogen and oxygen atoms in total. The number of anilines is 1. The Bertz CT molecular complexity index is 492. The largest absolute Gasteiger partial charge is 0.392 e. The Kier molecular flexibility index (Phi) is 3.39. The Labute approximate surface area is 113 Å². The van der Waals surface area contributed by atoms with Crippen LogP contribution < -0.4 is 11.1 Å². The molecule has 1 aliphatic carbocycles. The minimum Gasteiger partial charge on any atom is -0.392 e. The molecule has 0 unspecified atom stereocenters. The second-order valence-corrected chi connectivity index (χ2v) is 5.67. The third-order valence-electron chi connectivity index (χ3n) is 3.69. The van der Waals surface area contributed by atoms with Gasteiger partial charge < -0.3 is 11.1 Å². The van der Waals surface area contributed by atoms with Crippen molar-refractivity contribution in [2.24, 2.45) is 17.1 Å². The van der Waals surface area contributed by atoms with Crippen molar-refractivity contribution in [2.75, 3.05) is 5.32 Å². The van der Waals surface area contributed by atoms with E-state index >= 15 is 0 Å². The highest BCUT2D eigenvalue weighted by Crippen LogP contribution is 2.46. The first-order valence-electron chi connectivity index (χ1n) is 6.13. The smallest absolute Gasteiger partial charge is 0.237 e. The maximum absolute atomic E-state index is 12.4. The predicted octanol–water partition coefficient (Wildman–Crippen LogP) is 2.64. The molecule has 2 rings (SSSR count). The third kappa shape index (κ3) is 2.12. The SMILES string of the molecule is Cc1ccccc1NC(=O)C1(C(N)=S)CC(C)C1. The van der Waals surface area contributed by atoms with Gasteiger partial charge in [0.1, 0.15) is 0 Å². The molecule has 0 saturated heterocycles. The van der Waals surface area contributed by atoms with Crippen LogP contribution in [-0.4, -0.2) is 10.9 Å². The molecule has 1 aliphatic rings. The zero-order chi connectivity index (χ0) is 13.3. The van der Waals surface area contributed by atoms with Crippen LogP contribution in [0.5, 0.6) is 0 Å². The first-order valence-corrected chi connectivity index (χ1v) is 6.53. The summed E-state index contributed by atoms with van der Waals surface area (Å²) in [4.78, 5) is 12.7. The molecule has 1 aromatic carbocycles. The van der Waals surface area contributed by atoms with Gasteiger partial charge in [-0.1, -0.05) is 37.3 Å². The summed E-state index contributed by atoms with van der Waals surface area (Å²) in [6, 6.07) is 7.70. The molecule has 96 valence electrons. The molecule has 4 heteroatoms. The average Bonchev–Trinajstić information content (AvgIpc) is 2.27. The first kappa shape index (κ1) is 13.0. The van der Waals surface area contributed by atoms with E-state index in [0.29, 0.717) is 10.9 Å². The number of carbonyl (C=O) groups is 1. The number of hydrogen-bond donors (Lipinski definition) is 2. The number of hydrogen-bond acceptors (Lipinski definition) is 2. The van der Waals surface area contributed by atoms with E-state index in [4.69, 9.17) is 18.0 Å². The third-order valence-corrected chi connectivity index (χ3v) is 4.08. The fraction of sp³-hybridized carbons (Fsp3) is 0.429. The van der Waals surface area contributed by atoms with E-state index in [1.807, 2.05) is 31.2 Å². The summed E-state index contributed by atoms with van der Waals surface area (Å²) in [6.45, 7) is 4.07. The standard InChI is InChI=1S/C14H18N2OS/c1-9-7-14(8-9,12(15)18)13(17)16-11-6-4-3-5-10(11)2/h3-6,9H,7-8H2,1-2H3,(H2,15,18)(H,16,17). The van der Waals surface area contributed by atoms with E-state index in [2.05, 4.69) is 12.2 Å². The lowest BCUT2D eigenvalue weighted by Crippen LogP contribution is -2.53. The molecule has 0 aromatic heterocycles. The highest BCUT2D eigenvalue weighted by molar-refractivity contribution is 7.80. The van der Waals surface area contributed by atoms with Gasteiger partial charge in [-0.2, -0.15) is 0 Å². The highest BCUT2D eigenvalue weighted by atomic mass is 32.1. The van der Waals surface area contributed by atoms with Crippen LogP contribution in [0, 0.1) is 18.3 Å². The fourth-order valence-electron chi connectivity index (χ4n) is 2.58. The quantitative estimate of drug-likeness (QED) is 0.823. The number of benzene rings is 1. The van der Waals surface area contributed by atoms with Gasteiger partial charge in [0.25, 0.3) is 0 Å². The van der Waals surface area contributed by atoms with Gasteiger partial charge in [-0.25, -0.2) is 0 Å². The van der Waals surface area contributed by atoms with Crippen LogP contribution in [-0.2, 0) is 4.79 Å². The Morgan fingerprint density at radius 3 is 2.56 bits per heavy atom. The number of rotatable bonds is 3. The van der Waals surface area contributed by atoms with Crippen molar-refractivity contribution in [3.05, 3.63) is 29.8 Å². The molecule has 1 aromatic rings. The summed E-state index contributed by atoms with van der Waals surface area (Å²) in [5.41, 5.74) is 6.99. The molecule has 0 atom stereocenters. The van der Waals surface area contributed by atoms with Crippen LogP contribution in [0.2, 0.25) is 0 Å². The zero-order valence-corrected chi connectivity index (χ0v) is 11.5. The first-order chi connectivity index (χ1) is 8.45. The molecule has 0 spiro atoms. The van der Waals surface area contributed by atoms with E-state index in [9.17, 15) is 4.79 Å². The van der Waals surface area contributed by atoms with E-state index in [1.54, 1.807) is 0 Å². The van der Waals surface area contributed by atoms with Crippen LogP contribution in [0.3, 0.4) is 0 Å². The van der Waals surface area contributed by atoms with Crippen molar-refractivity contribution in [1.29, 1.82) is 0 Å². The van der Waals surface area contributed by atoms with E-state index in [-0.39, 0.29) is 5.91 Å². The van der Waals surface area contributed by atoms with Crippen molar-refractivity contribution in [1.82, 2.24) is 0 Å². The molecule has 1 amide bonds. The summed E-state index contributed by atoms with van der Waals surface area (Å²) in [7, 11) is 0. The van der Waals surface area contributed by atoms with Crippen LogP contribution in [0.4, 0.5) is 5.69 Å². The average molecular weight is 262 g/mol. The zero-order valence-electron chi connectivity index (χ0n) is 10.7. The summed E-state index contributed by atoms with van der Waals surface area (Å²) in [5, 5.41) is 2.95. The summed E-state index contributed by atoms with van der Waals surface area (Å²) >= 11 is 5.08. The molecule has 0 aliphatic heterocycles. The number of amides is 1. The van der Waals surface area contributed by atoms with Crippen LogP contribution >= 0.6 is 12.2 Å². The molecule has 18 heavy (non-hydrogen) atoms. The van der Waals surface area contributed by atoms with Gasteiger partial charge in [0.15, 0.2) is 0 Å². The summed E-state index contributed by atoms with van der Waals surface area (Å²) < 4.78 is 0. The summed E-state index contributed by atoms with van der Waals surface area (Å²) in [6.07, 6.45) is 1.50. The predicted molar refractivity (Wildman–Crippen MR) is 77.4 cm³/mol. The minimum atomic E-state index is -0.642. The van der Waals surface area contributed by atoms with Crippen LogP contribution in [0.15, 0.2) is 24.3 Å². The van der Waals surface area contributed by atoms with Crippen molar-refractivity contribution >= 4 is 28.8 Å². The lowest BCUT2D eigenvalue weighted by molar-refractivity contribution is -0.127. The maximum atomic E-state index is 12.4. The lowest BCUT2D eigenvalue weighted by atomic mass is 9.62. The maximum Gasteiger partial charge on any atom is 0.237 e. The van der Waals surface area contributed by atoms with Gasteiger partial charge in [0.2, 0.25) is 5.91 Å². The molecule has 0 radical (unpaired) electrons. The van der Waals surface area contributed by atoms with E-state index < -0.39 is 5.41 Å². The normalized spacial score (nSPS) is 26.2. The topological polar surface area (TPSA) is 55.1 Å². The number of thiocarbonyl (C=S) groups is 1. The number of carbonyl (C=O) groups excluding carboxylic acids is 1. The van der Waals surface area contributed by atoms with E-state index in [1.165, 1.54) is 0 Å². The number of aryl methyl sites for hydroxylation is 1. The monoisotopic (exact) mass is 262 g/mol. The molecule has 1 fully saturated rings. The Balaban J connectivity index is 2.17. The molecular weight excluding hydrogens is 244 g/mol. The molecular formula is C14H18N2OS. The fourth-order valence-corrected chi connectivity index (χ4v) is 2.84. The molecule has 0 bridgehead atoms. The van der Waals surface area contributed by atoms with Crippen molar-refractivity contribution in [3.8, 4) is 0 Å². The summed E-state index contributed by atoms with van der Waals surface area (Å²) in [5.74, 6) is 0.441. The highest BCUT2D eigenvalue weighted by Gasteiger charge is 2.50. The Morgan fingerprint density at radius 2 is 2.06 bits per heavy atom. The van der Waals surface area contributed by atoms with Crippen molar-refractivity contribution in [2.45, 2.75) is 26.7 Å². The van der Waals surface area contributed by atoms with Gasteiger partial charge in [-0.3, -0.25) is 4.79 Å².